The Morgan fingerprint density at radius 2 is 1.90 bits per heavy atom. The highest BCUT2D eigenvalue weighted by Gasteiger charge is 2.17. The monoisotopic (exact) mass is 148 g/mol. The third-order valence-electron chi connectivity index (χ3n) is 1.53. The lowest BCUT2D eigenvalue weighted by atomic mass is 10.0. The normalized spacial score (nSPS) is 14.7. The van der Waals surface area contributed by atoms with Crippen molar-refractivity contribution >= 4 is 0 Å². The minimum Gasteiger partial charge on any atom is -0.330 e. The van der Waals surface area contributed by atoms with Crippen molar-refractivity contribution in [3.63, 3.8) is 0 Å². The van der Waals surface area contributed by atoms with Gasteiger partial charge in [-0.15, -0.1) is 0 Å². The van der Waals surface area contributed by atoms with Crippen LogP contribution in [-0.4, -0.2) is 28.2 Å². The molecule has 10 heavy (non-hydrogen) atoms. The molecule has 4 heteroatoms. The summed E-state index contributed by atoms with van der Waals surface area (Å²) in [4.78, 5) is 0. The molecule has 0 bridgehead atoms. The van der Waals surface area contributed by atoms with Crippen LogP contribution in [0.3, 0.4) is 0 Å². The van der Waals surface area contributed by atoms with Crippen molar-refractivity contribution in [2.75, 3.05) is 6.54 Å². The summed E-state index contributed by atoms with van der Waals surface area (Å²) in [6.07, 6.45) is 0.602. The minimum absolute atomic E-state index is 0.207. The van der Waals surface area contributed by atoms with Crippen LogP contribution in [0.2, 0.25) is 0 Å². The van der Waals surface area contributed by atoms with E-state index in [0.717, 1.165) is 0 Å². The Morgan fingerprint density at radius 3 is 2.00 bits per heavy atom. The summed E-state index contributed by atoms with van der Waals surface area (Å²) >= 11 is 0. The van der Waals surface area contributed by atoms with Crippen LogP contribution in [0.5, 0.6) is 0 Å². The van der Waals surface area contributed by atoms with E-state index in [9.17, 15) is 0 Å². The average Bonchev–Trinajstić information content (AvgIpc) is 1.81. The fourth-order valence-electron chi connectivity index (χ4n) is 0.886. The molecule has 0 spiro atoms. The number of hydrogen-bond acceptors (Lipinski definition) is 4. The largest absolute Gasteiger partial charge is 0.330 e. The molecule has 0 saturated carbocycles. The lowest BCUT2D eigenvalue weighted by molar-refractivity contribution is -0.338. The molecule has 0 saturated heterocycles. The van der Waals surface area contributed by atoms with Crippen LogP contribution in [0.25, 0.3) is 0 Å². The fraction of sp³-hybridized carbons (Fsp3) is 1.00. The minimum atomic E-state index is -0.245. The van der Waals surface area contributed by atoms with Crippen LogP contribution in [0.1, 0.15) is 20.3 Å². The maximum absolute atomic E-state index is 8.65. The summed E-state index contributed by atoms with van der Waals surface area (Å²) < 4.78 is 0. The molecule has 0 fully saturated rings. The van der Waals surface area contributed by atoms with E-state index in [-0.39, 0.29) is 17.2 Å². The average molecular weight is 148 g/mol. The first-order chi connectivity index (χ1) is 4.59. The van der Waals surface area contributed by atoms with Crippen LogP contribution in [0, 0.1) is 5.92 Å². The first-order valence-corrected chi connectivity index (χ1v) is 3.46. The Hall–Kier alpha value is -0.160. The van der Waals surface area contributed by atoms with Crippen molar-refractivity contribution in [1.82, 2.24) is 5.23 Å². The van der Waals surface area contributed by atoms with Gasteiger partial charge in [-0.2, -0.15) is 0 Å². The molecule has 1 unspecified atom stereocenters. The zero-order valence-corrected chi connectivity index (χ0v) is 6.49. The summed E-state index contributed by atoms with van der Waals surface area (Å²) in [5, 5.41) is 17.5. The number of nitrogens with two attached hydrogens (primary N) is 1. The molecule has 0 aliphatic carbocycles. The molecule has 0 aliphatic rings. The van der Waals surface area contributed by atoms with Crippen LogP contribution in [0.15, 0.2) is 0 Å². The van der Waals surface area contributed by atoms with Crippen molar-refractivity contribution in [3.05, 3.63) is 0 Å². The molecule has 4 nitrogen and oxygen atoms in total. The van der Waals surface area contributed by atoms with Crippen LogP contribution in [0.4, 0.5) is 0 Å². The summed E-state index contributed by atoms with van der Waals surface area (Å²) in [7, 11) is 0. The molecule has 62 valence electrons. The third kappa shape index (κ3) is 3.12. The predicted octanol–water partition coefficient (Wildman–Crippen LogP) is 0.440. The van der Waals surface area contributed by atoms with Gasteiger partial charge >= 0.3 is 0 Å². The number of hydrogen-bond donors (Lipinski definition) is 3. The summed E-state index contributed by atoms with van der Waals surface area (Å²) in [6, 6.07) is -0.245. The third-order valence-corrected chi connectivity index (χ3v) is 1.53. The number of rotatable bonds is 4. The van der Waals surface area contributed by atoms with Gasteiger partial charge in [0, 0.05) is 0 Å². The molecular weight excluding hydrogens is 132 g/mol. The van der Waals surface area contributed by atoms with Crippen molar-refractivity contribution < 1.29 is 10.4 Å². The second-order valence-corrected chi connectivity index (χ2v) is 2.71. The number of nitrogens with zero attached hydrogens (tertiary/aromatic N) is 1. The second-order valence-electron chi connectivity index (χ2n) is 2.71. The van der Waals surface area contributed by atoms with Gasteiger partial charge in [-0.05, 0) is 18.9 Å². The standard InChI is InChI=1S/C6H16N2O2/c1-5(2)6(3-4-7)8(9)10/h5-6,9-10H,3-4,7H2,1-2H3. The Morgan fingerprint density at radius 1 is 1.40 bits per heavy atom. The molecule has 0 amide bonds. The van der Waals surface area contributed by atoms with Crippen LogP contribution in [-0.2, 0) is 0 Å². The highest BCUT2D eigenvalue weighted by atomic mass is 16.8. The SMILES string of the molecule is CC(C)C(CCN)N(O)O. The predicted molar refractivity (Wildman–Crippen MR) is 37.7 cm³/mol. The van der Waals surface area contributed by atoms with Crippen molar-refractivity contribution in [3.8, 4) is 0 Å². The van der Waals surface area contributed by atoms with Crippen molar-refractivity contribution in [2.45, 2.75) is 26.3 Å². The molecule has 0 radical (unpaired) electrons. The lowest BCUT2D eigenvalue weighted by Gasteiger charge is -2.22. The van der Waals surface area contributed by atoms with E-state index in [4.69, 9.17) is 16.1 Å². The zero-order chi connectivity index (χ0) is 8.15. The van der Waals surface area contributed by atoms with Gasteiger partial charge < -0.3 is 5.73 Å². The van der Waals surface area contributed by atoms with Crippen LogP contribution < -0.4 is 5.73 Å². The first kappa shape index (κ1) is 9.84. The maximum atomic E-state index is 8.65. The first-order valence-electron chi connectivity index (χ1n) is 3.46. The van der Waals surface area contributed by atoms with Gasteiger partial charge in [0.2, 0.25) is 0 Å². The lowest BCUT2D eigenvalue weighted by Crippen LogP contribution is -2.35. The highest BCUT2D eigenvalue weighted by Crippen LogP contribution is 2.09. The van der Waals surface area contributed by atoms with E-state index in [1.54, 1.807) is 0 Å². The summed E-state index contributed by atoms with van der Waals surface area (Å²) in [5.74, 6) is 0.207. The van der Waals surface area contributed by atoms with Gasteiger partial charge in [-0.1, -0.05) is 19.1 Å². The molecule has 0 aromatic rings. The molecule has 0 aromatic heterocycles. The smallest absolute Gasteiger partial charge is 0.0658 e. The van der Waals surface area contributed by atoms with E-state index in [1.807, 2.05) is 13.8 Å². The van der Waals surface area contributed by atoms with E-state index in [1.165, 1.54) is 0 Å². The Labute approximate surface area is 61.2 Å². The maximum Gasteiger partial charge on any atom is 0.0658 e. The van der Waals surface area contributed by atoms with Gasteiger partial charge in [0.05, 0.1) is 6.04 Å². The van der Waals surface area contributed by atoms with E-state index < -0.39 is 0 Å². The fourth-order valence-corrected chi connectivity index (χ4v) is 0.886. The van der Waals surface area contributed by atoms with Crippen LogP contribution >= 0.6 is 0 Å². The Kier molecular flexibility index (Phi) is 4.55. The molecule has 0 rings (SSSR count). The van der Waals surface area contributed by atoms with Gasteiger partial charge in [0.15, 0.2) is 0 Å². The van der Waals surface area contributed by atoms with E-state index in [2.05, 4.69) is 0 Å². The zero-order valence-electron chi connectivity index (χ0n) is 6.49. The second kappa shape index (κ2) is 4.62. The Bertz CT molecular complexity index is 77.8. The quantitative estimate of drug-likeness (QED) is 0.506. The van der Waals surface area contributed by atoms with Crippen molar-refractivity contribution in [2.24, 2.45) is 11.7 Å². The number of hydroxylamine groups is 2. The Balaban J connectivity index is 3.73. The molecule has 0 heterocycles. The van der Waals surface area contributed by atoms with Gasteiger partial charge in [-0.25, -0.2) is 0 Å². The highest BCUT2D eigenvalue weighted by molar-refractivity contribution is 4.65. The topological polar surface area (TPSA) is 69.7 Å². The van der Waals surface area contributed by atoms with E-state index >= 15 is 0 Å². The van der Waals surface area contributed by atoms with Gasteiger partial charge in [-0.3, -0.25) is 10.4 Å². The molecular formula is C6H16N2O2. The molecule has 0 aliphatic heterocycles. The molecule has 4 N–H and O–H groups in total. The summed E-state index contributed by atoms with van der Waals surface area (Å²) in [5.41, 5.74) is 5.26. The van der Waals surface area contributed by atoms with Crippen molar-refractivity contribution in [1.29, 1.82) is 0 Å². The molecule has 0 aromatic carbocycles. The summed E-state index contributed by atoms with van der Waals surface area (Å²) in [6.45, 7) is 4.31. The molecule has 1 atom stereocenters. The van der Waals surface area contributed by atoms with E-state index in [0.29, 0.717) is 13.0 Å². The van der Waals surface area contributed by atoms with Gasteiger partial charge in [0.1, 0.15) is 0 Å². The van der Waals surface area contributed by atoms with Gasteiger partial charge in [0.25, 0.3) is 0 Å².